The molecule has 1 heteroatoms. The van der Waals surface area contributed by atoms with E-state index in [1.54, 1.807) is 12.1 Å². The minimum absolute atomic E-state index is 0.310. The van der Waals surface area contributed by atoms with Gasteiger partial charge in [-0.05, 0) is 60.7 Å². The van der Waals surface area contributed by atoms with E-state index in [0.29, 0.717) is 5.75 Å². The Bertz CT molecular complexity index is 486. The highest BCUT2D eigenvalue weighted by atomic mass is 16.3. The minimum atomic E-state index is 0.310. The lowest BCUT2D eigenvalue weighted by Crippen LogP contribution is -1.88. The van der Waals surface area contributed by atoms with Crippen molar-refractivity contribution in [2.75, 3.05) is 0 Å². The second kappa shape index (κ2) is 4.01. The minimum Gasteiger partial charge on any atom is -0.508 e. The van der Waals surface area contributed by atoms with Crippen molar-refractivity contribution in [2.24, 2.45) is 0 Å². The van der Waals surface area contributed by atoms with Gasteiger partial charge in [-0.15, -0.1) is 0 Å². The van der Waals surface area contributed by atoms with Crippen LogP contribution in [0.4, 0.5) is 0 Å². The Morgan fingerprint density at radius 1 is 0.750 bits per heavy atom. The van der Waals surface area contributed by atoms with Crippen LogP contribution in [0.5, 0.6) is 5.75 Å². The summed E-state index contributed by atoms with van der Waals surface area (Å²) in [5, 5.41) is 9.26. The molecule has 0 aliphatic rings. The van der Waals surface area contributed by atoms with E-state index in [4.69, 9.17) is 0 Å². The van der Waals surface area contributed by atoms with Crippen molar-refractivity contribution in [1.82, 2.24) is 0 Å². The number of aryl methyl sites for hydroxylation is 2. The molecule has 2 rings (SSSR count). The lowest BCUT2D eigenvalue weighted by molar-refractivity contribution is 0.475. The van der Waals surface area contributed by atoms with Gasteiger partial charge in [0.15, 0.2) is 0 Å². The number of rotatable bonds is 1. The first kappa shape index (κ1) is 10.7. The second-order valence-corrected chi connectivity index (χ2v) is 4.28. The van der Waals surface area contributed by atoms with E-state index in [2.05, 4.69) is 32.9 Å². The summed E-state index contributed by atoms with van der Waals surface area (Å²) in [6.45, 7) is 6.41. The maximum absolute atomic E-state index is 9.26. The van der Waals surface area contributed by atoms with Crippen molar-refractivity contribution in [1.29, 1.82) is 0 Å². The molecule has 0 fully saturated rings. The van der Waals surface area contributed by atoms with Crippen LogP contribution in [0.3, 0.4) is 0 Å². The highest BCUT2D eigenvalue weighted by molar-refractivity contribution is 5.66. The number of phenols is 1. The molecule has 2 aromatic rings. The summed E-state index contributed by atoms with van der Waals surface area (Å²) >= 11 is 0. The molecule has 0 aliphatic carbocycles. The normalized spacial score (nSPS) is 10.4. The molecule has 0 aromatic heterocycles. The van der Waals surface area contributed by atoms with E-state index in [0.717, 1.165) is 5.56 Å². The van der Waals surface area contributed by atoms with Gasteiger partial charge in [0.1, 0.15) is 5.75 Å². The number of aromatic hydroxyl groups is 1. The third-order valence-electron chi connectivity index (χ3n) is 3.13. The second-order valence-electron chi connectivity index (χ2n) is 4.28. The fraction of sp³-hybridized carbons (Fsp3) is 0.200. The predicted octanol–water partition coefficient (Wildman–Crippen LogP) is 3.98. The summed E-state index contributed by atoms with van der Waals surface area (Å²) in [7, 11) is 0. The summed E-state index contributed by atoms with van der Waals surface area (Å²) in [5.74, 6) is 0.310. The Hall–Kier alpha value is -1.76. The standard InChI is InChI=1S/C15H16O/c1-10-8-14(9-11(2)12(10)3)13-4-6-15(16)7-5-13/h4-9,16H,1-3H3. The van der Waals surface area contributed by atoms with Crippen LogP contribution in [-0.4, -0.2) is 5.11 Å². The van der Waals surface area contributed by atoms with E-state index in [9.17, 15) is 5.11 Å². The van der Waals surface area contributed by atoms with Crippen LogP contribution in [0, 0.1) is 20.8 Å². The van der Waals surface area contributed by atoms with Crippen LogP contribution >= 0.6 is 0 Å². The molecule has 2 aromatic carbocycles. The first-order valence-corrected chi connectivity index (χ1v) is 5.45. The highest BCUT2D eigenvalue weighted by Gasteiger charge is 2.03. The van der Waals surface area contributed by atoms with E-state index < -0.39 is 0 Å². The van der Waals surface area contributed by atoms with Crippen molar-refractivity contribution in [3.63, 3.8) is 0 Å². The van der Waals surface area contributed by atoms with Crippen LogP contribution in [-0.2, 0) is 0 Å². The van der Waals surface area contributed by atoms with E-state index in [-0.39, 0.29) is 0 Å². The molecule has 0 amide bonds. The van der Waals surface area contributed by atoms with Gasteiger partial charge in [0.25, 0.3) is 0 Å². The van der Waals surface area contributed by atoms with E-state index >= 15 is 0 Å². The quantitative estimate of drug-likeness (QED) is 0.758. The van der Waals surface area contributed by atoms with Crippen molar-refractivity contribution in [2.45, 2.75) is 20.8 Å². The summed E-state index contributed by atoms with van der Waals surface area (Å²) in [4.78, 5) is 0. The van der Waals surface area contributed by atoms with Crippen LogP contribution in [0.25, 0.3) is 11.1 Å². The van der Waals surface area contributed by atoms with Gasteiger partial charge in [-0.25, -0.2) is 0 Å². The number of hydrogen-bond acceptors (Lipinski definition) is 1. The first-order valence-electron chi connectivity index (χ1n) is 5.45. The van der Waals surface area contributed by atoms with E-state index in [1.165, 1.54) is 22.3 Å². The Morgan fingerprint density at radius 3 is 1.75 bits per heavy atom. The Kier molecular flexibility index (Phi) is 2.69. The van der Waals surface area contributed by atoms with Gasteiger partial charge in [-0.1, -0.05) is 24.3 Å². The average molecular weight is 212 g/mol. The third-order valence-corrected chi connectivity index (χ3v) is 3.13. The monoisotopic (exact) mass is 212 g/mol. The largest absolute Gasteiger partial charge is 0.508 e. The molecule has 0 bridgehead atoms. The first-order chi connectivity index (χ1) is 7.58. The molecule has 16 heavy (non-hydrogen) atoms. The van der Waals surface area contributed by atoms with Crippen LogP contribution in [0.1, 0.15) is 16.7 Å². The maximum Gasteiger partial charge on any atom is 0.115 e. The van der Waals surface area contributed by atoms with Crippen molar-refractivity contribution in [3.05, 3.63) is 53.1 Å². The molecular weight excluding hydrogens is 196 g/mol. The zero-order chi connectivity index (χ0) is 11.7. The molecule has 0 aliphatic heterocycles. The Balaban J connectivity index is 2.52. The lowest BCUT2D eigenvalue weighted by atomic mass is 9.96. The molecular formula is C15H16O. The molecule has 0 heterocycles. The van der Waals surface area contributed by atoms with Gasteiger partial charge in [-0.3, -0.25) is 0 Å². The molecule has 0 radical (unpaired) electrons. The summed E-state index contributed by atoms with van der Waals surface area (Å²) in [5.41, 5.74) is 6.32. The zero-order valence-corrected chi connectivity index (χ0v) is 9.91. The van der Waals surface area contributed by atoms with E-state index in [1.807, 2.05) is 12.1 Å². The van der Waals surface area contributed by atoms with Crippen LogP contribution in [0.2, 0.25) is 0 Å². The summed E-state index contributed by atoms with van der Waals surface area (Å²) in [6.07, 6.45) is 0. The maximum atomic E-state index is 9.26. The van der Waals surface area contributed by atoms with Gasteiger partial charge in [0.05, 0.1) is 0 Å². The highest BCUT2D eigenvalue weighted by Crippen LogP contribution is 2.26. The van der Waals surface area contributed by atoms with Gasteiger partial charge in [-0.2, -0.15) is 0 Å². The molecule has 0 unspecified atom stereocenters. The topological polar surface area (TPSA) is 20.2 Å². The number of benzene rings is 2. The third kappa shape index (κ3) is 1.94. The molecule has 0 spiro atoms. The van der Waals surface area contributed by atoms with Gasteiger partial charge >= 0.3 is 0 Å². The number of phenolic OH excluding ortho intramolecular Hbond substituents is 1. The predicted molar refractivity (Wildman–Crippen MR) is 67.8 cm³/mol. The molecule has 0 saturated carbocycles. The molecule has 1 N–H and O–H groups in total. The Morgan fingerprint density at radius 2 is 1.25 bits per heavy atom. The Labute approximate surface area is 96.4 Å². The van der Waals surface area contributed by atoms with Gasteiger partial charge < -0.3 is 5.11 Å². The van der Waals surface area contributed by atoms with Crippen LogP contribution in [0.15, 0.2) is 36.4 Å². The SMILES string of the molecule is Cc1cc(-c2ccc(O)cc2)cc(C)c1C. The average Bonchev–Trinajstić information content (AvgIpc) is 2.26. The summed E-state index contributed by atoms with van der Waals surface area (Å²) in [6, 6.07) is 11.7. The fourth-order valence-electron chi connectivity index (χ4n) is 1.86. The van der Waals surface area contributed by atoms with Crippen LogP contribution < -0.4 is 0 Å². The molecule has 1 nitrogen and oxygen atoms in total. The zero-order valence-electron chi connectivity index (χ0n) is 9.91. The molecule has 82 valence electrons. The summed E-state index contributed by atoms with van der Waals surface area (Å²) < 4.78 is 0. The lowest BCUT2D eigenvalue weighted by Gasteiger charge is -2.09. The van der Waals surface area contributed by atoms with Crippen molar-refractivity contribution < 1.29 is 5.11 Å². The van der Waals surface area contributed by atoms with Crippen molar-refractivity contribution in [3.8, 4) is 16.9 Å². The number of hydrogen-bond donors (Lipinski definition) is 1. The van der Waals surface area contributed by atoms with Gasteiger partial charge in [0, 0.05) is 0 Å². The fourth-order valence-corrected chi connectivity index (χ4v) is 1.86. The van der Waals surface area contributed by atoms with Crippen molar-refractivity contribution >= 4 is 0 Å². The smallest absolute Gasteiger partial charge is 0.115 e. The van der Waals surface area contributed by atoms with Gasteiger partial charge in [0.2, 0.25) is 0 Å². The molecule has 0 saturated heterocycles. The molecule has 0 atom stereocenters.